The number of carbonyl (C=O) groups is 4. The molecule has 0 fully saturated rings. The van der Waals surface area contributed by atoms with Gasteiger partial charge in [-0.1, -0.05) is 73.7 Å². The average Bonchev–Trinajstić information content (AvgIpc) is 3.16. The van der Waals surface area contributed by atoms with Gasteiger partial charge in [-0.05, 0) is 89.1 Å². The largest absolute Gasteiger partial charge is 0.459 e. The van der Waals surface area contributed by atoms with Crippen molar-refractivity contribution in [2.75, 3.05) is 19.8 Å². The number of carbonyl (C=O) groups excluding carboxylic acids is 4. The maximum absolute atomic E-state index is 15.4. The van der Waals surface area contributed by atoms with E-state index in [1.165, 1.54) is 26.0 Å². The summed E-state index contributed by atoms with van der Waals surface area (Å²) in [5.74, 6) is -1.70. The number of nitrogens with one attached hydrogen (secondary N) is 3. The highest BCUT2D eigenvalue weighted by atomic mass is 31.2. The van der Waals surface area contributed by atoms with Crippen molar-refractivity contribution in [3.63, 3.8) is 0 Å². The third-order valence-electron chi connectivity index (χ3n) is 8.35. The van der Waals surface area contributed by atoms with E-state index in [9.17, 15) is 23.7 Å². The number of aryl methyl sites for hydroxylation is 1. The van der Waals surface area contributed by atoms with Crippen LogP contribution in [0.3, 0.4) is 0 Å². The van der Waals surface area contributed by atoms with Gasteiger partial charge in [-0.15, -0.1) is 0 Å². The second-order valence-electron chi connectivity index (χ2n) is 13.9. The number of halogens is 2. The van der Waals surface area contributed by atoms with Gasteiger partial charge in [-0.3, -0.25) is 14.2 Å². The van der Waals surface area contributed by atoms with Crippen LogP contribution < -0.4 is 16.0 Å². The topological polar surface area (TPSA) is 158 Å². The smallest absolute Gasteiger partial charge is 0.408 e. The van der Waals surface area contributed by atoms with Crippen molar-refractivity contribution in [3.05, 3.63) is 107 Å². The molecule has 0 aliphatic rings. The van der Waals surface area contributed by atoms with Gasteiger partial charge >= 0.3 is 25.3 Å². The van der Waals surface area contributed by atoms with Crippen LogP contribution in [-0.4, -0.2) is 61.3 Å². The molecule has 0 heterocycles. The maximum atomic E-state index is 15.4. The van der Waals surface area contributed by atoms with E-state index in [2.05, 4.69) is 16.0 Å². The molecule has 3 amide bonds. The Morgan fingerprint density at radius 3 is 1.93 bits per heavy atom. The fourth-order valence-electron chi connectivity index (χ4n) is 5.45. The number of hydrogen-bond acceptors (Lipinski definition) is 9. The molecular formula is C41H54F2N3O9P. The lowest BCUT2D eigenvalue weighted by atomic mass is 10.0. The molecule has 3 aromatic rings. The predicted octanol–water partition coefficient (Wildman–Crippen LogP) is 7.83. The van der Waals surface area contributed by atoms with Crippen LogP contribution in [0.1, 0.15) is 93.4 Å². The summed E-state index contributed by atoms with van der Waals surface area (Å²) in [5.41, 5.74) is -2.78. The van der Waals surface area contributed by atoms with Crippen molar-refractivity contribution in [2.45, 2.75) is 104 Å². The lowest BCUT2D eigenvalue weighted by Crippen LogP contribution is -2.53. The predicted molar refractivity (Wildman–Crippen MR) is 208 cm³/mol. The van der Waals surface area contributed by atoms with Gasteiger partial charge in [0, 0.05) is 24.1 Å². The molecule has 0 bridgehead atoms. The summed E-state index contributed by atoms with van der Waals surface area (Å²) >= 11 is 0. The molecule has 15 heteroatoms. The fraction of sp³-hybridized carbons (Fsp3) is 0.463. The van der Waals surface area contributed by atoms with Crippen LogP contribution in [-0.2, 0) is 57.8 Å². The van der Waals surface area contributed by atoms with Crippen LogP contribution in [0.15, 0.2) is 78.9 Å². The Hall–Kier alpha value is -4.65. The van der Waals surface area contributed by atoms with Crippen molar-refractivity contribution >= 4 is 31.5 Å². The van der Waals surface area contributed by atoms with E-state index in [1.54, 1.807) is 57.2 Å². The van der Waals surface area contributed by atoms with Crippen LogP contribution in [0.2, 0.25) is 0 Å². The van der Waals surface area contributed by atoms with Crippen LogP contribution >= 0.6 is 7.60 Å². The molecule has 56 heavy (non-hydrogen) atoms. The molecule has 0 aliphatic carbocycles. The summed E-state index contributed by atoms with van der Waals surface area (Å²) in [4.78, 5) is 52.8. The van der Waals surface area contributed by atoms with Crippen molar-refractivity contribution < 1.29 is 51.0 Å². The number of rotatable bonds is 21. The Balaban J connectivity index is 1.78. The van der Waals surface area contributed by atoms with Crippen molar-refractivity contribution in [1.82, 2.24) is 16.0 Å². The first-order chi connectivity index (χ1) is 26.5. The highest BCUT2D eigenvalue weighted by Crippen LogP contribution is 2.66. The number of ether oxygens (including phenoxy) is 2. The van der Waals surface area contributed by atoms with Crippen LogP contribution in [0.4, 0.5) is 13.6 Å². The van der Waals surface area contributed by atoms with E-state index in [-0.39, 0.29) is 38.6 Å². The Labute approximate surface area is 327 Å². The van der Waals surface area contributed by atoms with Gasteiger partial charge in [-0.2, -0.15) is 8.78 Å². The summed E-state index contributed by atoms with van der Waals surface area (Å²) in [6.45, 7) is 9.57. The summed E-state index contributed by atoms with van der Waals surface area (Å²) in [6.07, 6.45) is 0.778. The van der Waals surface area contributed by atoms with E-state index in [0.717, 1.165) is 29.7 Å². The number of esters is 1. The molecule has 3 aromatic carbocycles. The average molecular weight is 802 g/mol. The molecule has 2 atom stereocenters. The molecule has 0 unspecified atom stereocenters. The molecule has 3 N–H and O–H groups in total. The Kier molecular flexibility index (Phi) is 17.6. The van der Waals surface area contributed by atoms with Gasteiger partial charge in [-0.25, -0.2) is 9.59 Å². The van der Waals surface area contributed by atoms with Crippen molar-refractivity contribution in [1.29, 1.82) is 0 Å². The molecule has 12 nitrogen and oxygen atoms in total. The van der Waals surface area contributed by atoms with E-state index >= 15 is 8.78 Å². The number of unbranched alkanes of at least 4 members (excludes halogenated alkanes) is 1. The molecule has 3 rings (SSSR count). The van der Waals surface area contributed by atoms with Gasteiger partial charge < -0.3 is 34.5 Å². The third kappa shape index (κ3) is 14.1. The van der Waals surface area contributed by atoms with Crippen LogP contribution in [0, 0.1) is 0 Å². The Morgan fingerprint density at radius 2 is 1.36 bits per heavy atom. The quantitative estimate of drug-likeness (QED) is 0.0555. The normalized spacial score (nSPS) is 12.9. The summed E-state index contributed by atoms with van der Waals surface area (Å²) in [5, 5.41) is 8.10. The Morgan fingerprint density at radius 1 is 0.750 bits per heavy atom. The van der Waals surface area contributed by atoms with E-state index in [0.29, 0.717) is 30.5 Å². The zero-order chi connectivity index (χ0) is 41.4. The lowest BCUT2D eigenvalue weighted by molar-refractivity contribution is -0.149. The zero-order valence-electron chi connectivity index (χ0n) is 32.9. The first kappa shape index (κ1) is 45.7. The minimum atomic E-state index is -4.86. The van der Waals surface area contributed by atoms with Crippen LogP contribution in [0.5, 0.6) is 0 Å². The zero-order valence-corrected chi connectivity index (χ0v) is 33.8. The van der Waals surface area contributed by atoms with Crippen molar-refractivity contribution in [2.24, 2.45) is 0 Å². The molecule has 0 aliphatic heterocycles. The van der Waals surface area contributed by atoms with Gasteiger partial charge in [0.2, 0.25) is 5.91 Å². The third-order valence-corrected chi connectivity index (χ3v) is 10.5. The second-order valence-corrected chi connectivity index (χ2v) is 16.0. The second kappa shape index (κ2) is 21.6. The monoisotopic (exact) mass is 801 g/mol. The van der Waals surface area contributed by atoms with Crippen molar-refractivity contribution in [3.8, 4) is 0 Å². The number of benzene rings is 3. The fourth-order valence-corrected chi connectivity index (χ4v) is 7.00. The highest BCUT2D eigenvalue weighted by molar-refractivity contribution is 7.54. The Bertz CT molecular complexity index is 1760. The molecule has 0 saturated carbocycles. The summed E-state index contributed by atoms with van der Waals surface area (Å²) in [7, 11) is -4.86. The molecule has 0 aromatic heterocycles. The number of alkyl carbamates (subject to hydrolysis) is 1. The maximum Gasteiger partial charge on any atom is 0.408 e. The van der Waals surface area contributed by atoms with E-state index < -0.39 is 54.5 Å². The SMILES string of the molecule is CCOP(=O)(OCC)C(F)(F)c1ccc(C[C@H](NC(=O)OC(C)(C)C)C(=O)N[C@@H](CCCCNC(=O)c2ccc(CC)cc2)C(=O)OCc2ccccc2)cc1. The molecule has 0 radical (unpaired) electrons. The van der Waals surface area contributed by atoms with Gasteiger partial charge in [0.15, 0.2) is 0 Å². The number of alkyl halides is 2. The standard InChI is InChI=1S/C41H54F2N3O9P/c1-7-29-18-22-32(23-19-29)36(47)44-26-14-13-17-34(38(49)52-28-31-15-11-10-12-16-31)45-37(48)35(46-39(50)55-40(4,5)6)27-30-20-24-33(25-21-30)41(42,43)56(51,53-8-2)54-9-3/h10-12,15-16,18-25,34-35H,7-9,13-14,17,26-28H2,1-6H3,(H,44,47)(H,45,48)(H,46,50)/t34-,35-/m0/s1. The summed E-state index contributed by atoms with van der Waals surface area (Å²) in [6, 6.07) is 18.5. The van der Waals surface area contributed by atoms with Crippen LogP contribution in [0.25, 0.3) is 0 Å². The van der Waals surface area contributed by atoms with Gasteiger partial charge in [0.1, 0.15) is 24.3 Å². The number of hydrogen-bond donors (Lipinski definition) is 3. The molecule has 0 spiro atoms. The summed E-state index contributed by atoms with van der Waals surface area (Å²) < 4.78 is 64.5. The highest BCUT2D eigenvalue weighted by Gasteiger charge is 2.54. The molecule has 0 saturated heterocycles. The van der Waals surface area contributed by atoms with Gasteiger partial charge in [0.05, 0.1) is 13.2 Å². The molecule has 306 valence electrons. The van der Waals surface area contributed by atoms with E-state index in [1.807, 2.05) is 25.1 Å². The van der Waals surface area contributed by atoms with Gasteiger partial charge in [0.25, 0.3) is 5.91 Å². The first-order valence-electron chi connectivity index (χ1n) is 18.8. The van der Waals surface area contributed by atoms with E-state index in [4.69, 9.17) is 18.5 Å². The number of amides is 3. The first-order valence-corrected chi connectivity index (χ1v) is 20.3. The lowest BCUT2D eigenvalue weighted by Gasteiger charge is -2.26. The molecular weight excluding hydrogens is 747 g/mol. The minimum absolute atomic E-state index is 0.0466. The minimum Gasteiger partial charge on any atom is -0.459 e.